The molecule has 1 amide bonds. The number of nitrogens with two attached hydrogens (primary N) is 1. The van der Waals surface area contributed by atoms with E-state index in [0.29, 0.717) is 19.0 Å². The van der Waals surface area contributed by atoms with Gasteiger partial charge in [0.05, 0.1) is 10.5 Å². The third-order valence-electron chi connectivity index (χ3n) is 4.21. The number of para-hydroxylation sites is 1. The van der Waals surface area contributed by atoms with Gasteiger partial charge in [-0.05, 0) is 44.8 Å². The van der Waals surface area contributed by atoms with Crippen LogP contribution in [0.4, 0.5) is 11.4 Å². The van der Waals surface area contributed by atoms with Crippen molar-refractivity contribution in [3.8, 4) is 0 Å². The standard InChI is InChI=1S/C15H22N4O3/c1-17-8-5-11-6-9-18(10-7-11)15(20)12-3-2-4-13(14(12)16)19(21)22/h2-4,11,17H,5-10,16H2,1H3. The van der Waals surface area contributed by atoms with E-state index in [-0.39, 0.29) is 22.8 Å². The third kappa shape index (κ3) is 3.54. The molecule has 1 aliphatic rings. The van der Waals surface area contributed by atoms with Gasteiger partial charge < -0.3 is 16.0 Å². The predicted molar refractivity (Wildman–Crippen MR) is 84.7 cm³/mol. The van der Waals surface area contributed by atoms with Gasteiger partial charge in [-0.1, -0.05) is 6.07 Å². The summed E-state index contributed by atoms with van der Waals surface area (Å²) in [6, 6.07) is 4.37. The van der Waals surface area contributed by atoms with Gasteiger partial charge in [-0.15, -0.1) is 0 Å². The fourth-order valence-corrected chi connectivity index (χ4v) is 2.84. The largest absolute Gasteiger partial charge is 0.393 e. The molecule has 1 fully saturated rings. The number of rotatable bonds is 5. The highest BCUT2D eigenvalue weighted by Crippen LogP contribution is 2.28. The number of carbonyl (C=O) groups is 1. The maximum atomic E-state index is 12.5. The van der Waals surface area contributed by atoms with E-state index in [1.54, 1.807) is 11.0 Å². The lowest BCUT2D eigenvalue weighted by Gasteiger charge is -2.32. The molecule has 0 atom stereocenters. The van der Waals surface area contributed by atoms with Crippen molar-refractivity contribution in [1.82, 2.24) is 10.2 Å². The van der Waals surface area contributed by atoms with E-state index < -0.39 is 4.92 Å². The number of anilines is 1. The molecular formula is C15H22N4O3. The van der Waals surface area contributed by atoms with E-state index >= 15 is 0 Å². The first-order valence-corrected chi connectivity index (χ1v) is 7.51. The van der Waals surface area contributed by atoms with Crippen molar-refractivity contribution in [2.24, 2.45) is 5.92 Å². The number of nitrogen functional groups attached to an aromatic ring is 1. The summed E-state index contributed by atoms with van der Waals surface area (Å²) < 4.78 is 0. The molecule has 1 saturated heterocycles. The summed E-state index contributed by atoms with van der Waals surface area (Å²) in [6.45, 7) is 2.33. The quantitative estimate of drug-likeness (QED) is 0.489. The minimum atomic E-state index is -0.559. The molecule has 3 N–H and O–H groups in total. The number of carbonyl (C=O) groups excluding carboxylic acids is 1. The molecule has 1 aliphatic heterocycles. The molecule has 22 heavy (non-hydrogen) atoms. The third-order valence-corrected chi connectivity index (χ3v) is 4.21. The number of hydrogen-bond acceptors (Lipinski definition) is 5. The molecule has 7 nitrogen and oxygen atoms in total. The number of nitrogens with one attached hydrogen (secondary N) is 1. The zero-order valence-electron chi connectivity index (χ0n) is 12.7. The molecule has 0 unspecified atom stereocenters. The Labute approximate surface area is 129 Å². The lowest BCUT2D eigenvalue weighted by molar-refractivity contribution is -0.383. The minimum Gasteiger partial charge on any atom is -0.393 e. The van der Waals surface area contributed by atoms with E-state index in [1.165, 1.54) is 12.1 Å². The molecule has 1 heterocycles. The summed E-state index contributed by atoms with van der Waals surface area (Å²) in [5.74, 6) is 0.409. The zero-order valence-corrected chi connectivity index (χ0v) is 12.7. The van der Waals surface area contributed by atoms with Gasteiger partial charge in [-0.2, -0.15) is 0 Å². The average Bonchev–Trinajstić information content (AvgIpc) is 2.52. The maximum absolute atomic E-state index is 12.5. The lowest BCUT2D eigenvalue weighted by atomic mass is 9.93. The number of piperidine rings is 1. The second-order valence-corrected chi connectivity index (χ2v) is 5.62. The summed E-state index contributed by atoms with van der Waals surface area (Å²) in [7, 11) is 1.93. The molecule has 0 aliphatic carbocycles. The second-order valence-electron chi connectivity index (χ2n) is 5.62. The van der Waals surface area contributed by atoms with Crippen LogP contribution in [0.2, 0.25) is 0 Å². The Balaban J connectivity index is 2.04. The number of hydrogen-bond donors (Lipinski definition) is 2. The molecule has 0 bridgehead atoms. The Morgan fingerprint density at radius 3 is 2.73 bits per heavy atom. The Morgan fingerprint density at radius 2 is 2.14 bits per heavy atom. The Kier molecular flexibility index (Phi) is 5.32. The number of nitrogens with zero attached hydrogens (tertiary/aromatic N) is 2. The number of benzene rings is 1. The number of amides is 1. The zero-order chi connectivity index (χ0) is 16.1. The van der Waals surface area contributed by atoms with Crippen LogP contribution in [0.15, 0.2) is 18.2 Å². The molecular weight excluding hydrogens is 284 g/mol. The van der Waals surface area contributed by atoms with E-state index in [4.69, 9.17) is 5.73 Å². The Bertz CT molecular complexity index is 554. The summed E-state index contributed by atoms with van der Waals surface area (Å²) >= 11 is 0. The van der Waals surface area contributed by atoms with Gasteiger partial charge in [0.15, 0.2) is 0 Å². The Morgan fingerprint density at radius 1 is 1.45 bits per heavy atom. The van der Waals surface area contributed by atoms with Crippen LogP contribution in [-0.4, -0.2) is 42.4 Å². The van der Waals surface area contributed by atoms with Crippen LogP contribution in [0.25, 0.3) is 0 Å². The van der Waals surface area contributed by atoms with Crippen LogP contribution in [0, 0.1) is 16.0 Å². The molecule has 1 aromatic rings. The van der Waals surface area contributed by atoms with Gasteiger partial charge in [0.1, 0.15) is 5.69 Å². The van der Waals surface area contributed by atoms with Crippen LogP contribution in [0.1, 0.15) is 29.6 Å². The summed E-state index contributed by atoms with van der Waals surface area (Å²) in [5, 5.41) is 14.0. The highest BCUT2D eigenvalue weighted by Gasteiger charge is 2.26. The molecule has 7 heteroatoms. The summed E-state index contributed by atoms with van der Waals surface area (Å²) in [4.78, 5) is 24.6. The molecule has 0 spiro atoms. The fourth-order valence-electron chi connectivity index (χ4n) is 2.84. The van der Waals surface area contributed by atoms with Gasteiger partial charge in [-0.3, -0.25) is 14.9 Å². The van der Waals surface area contributed by atoms with Crippen LogP contribution >= 0.6 is 0 Å². The topological polar surface area (TPSA) is 102 Å². The van der Waals surface area contributed by atoms with Gasteiger partial charge >= 0.3 is 0 Å². The normalized spacial score (nSPS) is 15.8. The number of nitro groups is 1. The van der Waals surface area contributed by atoms with E-state index in [1.807, 2.05) is 7.05 Å². The predicted octanol–water partition coefficient (Wildman–Crippen LogP) is 1.64. The van der Waals surface area contributed by atoms with Crippen molar-refractivity contribution in [3.05, 3.63) is 33.9 Å². The first-order valence-electron chi connectivity index (χ1n) is 7.51. The number of nitro benzene ring substituents is 1. The van der Waals surface area contributed by atoms with Gasteiger partial charge in [0.25, 0.3) is 11.6 Å². The SMILES string of the molecule is CNCCC1CCN(C(=O)c2cccc([N+](=O)[O-])c2N)CC1. The Hall–Kier alpha value is -2.15. The smallest absolute Gasteiger partial charge is 0.292 e. The fraction of sp³-hybridized carbons (Fsp3) is 0.533. The molecule has 0 saturated carbocycles. The molecule has 120 valence electrons. The second kappa shape index (κ2) is 7.22. The average molecular weight is 306 g/mol. The first-order chi connectivity index (χ1) is 10.5. The van der Waals surface area contributed by atoms with Crippen molar-refractivity contribution < 1.29 is 9.72 Å². The van der Waals surface area contributed by atoms with Crippen molar-refractivity contribution in [3.63, 3.8) is 0 Å². The van der Waals surface area contributed by atoms with Crippen LogP contribution in [-0.2, 0) is 0 Å². The van der Waals surface area contributed by atoms with E-state index in [0.717, 1.165) is 25.8 Å². The van der Waals surface area contributed by atoms with E-state index in [2.05, 4.69) is 5.32 Å². The van der Waals surface area contributed by atoms with Crippen molar-refractivity contribution in [1.29, 1.82) is 0 Å². The summed E-state index contributed by atoms with van der Waals surface area (Å²) in [6.07, 6.45) is 3.03. The molecule has 0 aromatic heterocycles. The van der Waals surface area contributed by atoms with E-state index in [9.17, 15) is 14.9 Å². The first kappa shape index (κ1) is 16.2. The monoisotopic (exact) mass is 306 g/mol. The van der Waals surface area contributed by atoms with Crippen LogP contribution in [0.5, 0.6) is 0 Å². The van der Waals surface area contributed by atoms with Gasteiger partial charge in [0.2, 0.25) is 0 Å². The van der Waals surface area contributed by atoms with Crippen molar-refractivity contribution in [2.75, 3.05) is 32.4 Å². The van der Waals surface area contributed by atoms with Crippen molar-refractivity contribution >= 4 is 17.3 Å². The van der Waals surface area contributed by atoms with Gasteiger partial charge in [0, 0.05) is 19.2 Å². The van der Waals surface area contributed by atoms with Crippen molar-refractivity contribution in [2.45, 2.75) is 19.3 Å². The van der Waals surface area contributed by atoms with Gasteiger partial charge in [-0.25, -0.2) is 0 Å². The maximum Gasteiger partial charge on any atom is 0.292 e. The highest BCUT2D eigenvalue weighted by atomic mass is 16.6. The van der Waals surface area contributed by atoms with Crippen LogP contribution in [0.3, 0.4) is 0 Å². The number of likely N-dealkylation sites (tertiary alicyclic amines) is 1. The lowest BCUT2D eigenvalue weighted by Crippen LogP contribution is -2.39. The molecule has 2 rings (SSSR count). The van der Waals surface area contributed by atoms with Crippen LogP contribution < -0.4 is 11.1 Å². The molecule has 0 radical (unpaired) electrons. The highest BCUT2D eigenvalue weighted by molar-refractivity contribution is 6.01. The molecule has 1 aromatic carbocycles. The summed E-state index contributed by atoms with van der Waals surface area (Å²) in [5.41, 5.74) is 5.75. The minimum absolute atomic E-state index is 0.0465.